The molecule has 1 aliphatic rings. The molecule has 0 spiro atoms. The molecule has 0 aliphatic carbocycles. The first-order chi connectivity index (χ1) is 15.0. The normalized spacial score (nSPS) is 13.8. The van der Waals surface area contributed by atoms with E-state index in [4.69, 9.17) is 16.3 Å². The molecule has 2 aromatic carbocycles. The van der Waals surface area contributed by atoms with Crippen molar-refractivity contribution in [3.05, 3.63) is 70.9 Å². The molecule has 3 aromatic rings. The number of aryl methyl sites for hydroxylation is 1. The van der Waals surface area contributed by atoms with E-state index in [1.54, 1.807) is 25.3 Å². The van der Waals surface area contributed by atoms with Crippen LogP contribution in [0, 0.1) is 6.92 Å². The van der Waals surface area contributed by atoms with E-state index in [9.17, 15) is 4.79 Å². The molecule has 0 unspecified atom stereocenters. The smallest absolute Gasteiger partial charge is 0.257 e. The summed E-state index contributed by atoms with van der Waals surface area (Å²) in [6, 6.07) is 16.9. The van der Waals surface area contributed by atoms with E-state index in [0.717, 1.165) is 17.2 Å². The lowest BCUT2D eigenvalue weighted by Crippen LogP contribution is -2.49. The Hall–Kier alpha value is -3.32. The summed E-state index contributed by atoms with van der Waals surface area (Å²) in [6.07, 6.45) is 0. The topological polar surface area (TPSA) is 70.6 Å². The van der Waals surface area contributed by atoms with Crippen LogP contribution in [-0.4, -0.2) is 54.1 Å². The maximum atomic E-state index is 13.0. The van der Waals surface area contributed by atoms with E-state index in [1.165, 1.54) is 0 Å². The van der Waals surface area contributed by atoms with Crippen LogP contribution < -0.4 is 15.0 Å². The van der Waals surface area contributed by atoms with Gasteiger partial charge in [-0.15, -0.1) is 0 Å². The molecular formula is C23H24ClN5O2. The summed E-state index contributed by atoms with van der Waals surface area (Å²) in [5.41, 5.74) is 2.33. The Morgan fingerprint density at radius 2 is 1.77 bits per heavy atom. The van der Waals surface area contributed by atoms with E-state index in [0.29, 0.717) is 48.5 Å². The molecule has 1 aliphatic heterocycles. The fourth-order valence-electron chi connectivity index (χ4n) is 3.55. The molecule has 0 saturated carbocycles. The van der Waals surface area contributed by atoms with Gasteiger partial charge in [0.1, 0.15) is 11.6 Å². The first kappa shape index (κ1) is 20.9. The predicted molar refractivity (Wildman–Crippen MR) is 123 cm³/mol. The first-order valence-corrected chi connectivity index (χ1v) is 10.5. The zero-order chi connectivity index (χ0) is 21.8. The van der Waals surface area contributed by atoms with Gasteiger partial charge in [0.05, 0.1) is 12.7 Å². The number of methoxy groups -OCH3 is 1. The van der Waals surface area contributed by atoms with Crippen LogP contribution in [0.5, 0.6) is 5.75 Å². The molecule has 1 amide bonds. The summed E-state index contributed by atoms with van der Waals surface area (Å²) in [6.45, 7) is 4.36. The van der Waals surface area contributed by atoms with Crippen LogP contribution in [-0.2, 0) is 0 Å². The van der Waals surface area contributed by atoms with Crippen molar-refractivity contribution in [2.75, 3.05) is 43.5 Å². The number of ether oxygens (including phenoxy) is 1. The lowest BCUT2D eigenvalue weighted by Gasteiger charge is -2.35. The molecule has 160 valence electrons. The van der Waals surface area contributed by atoms with Gasteiger partial charge in [0.25, 0.3) is 5.91 Å². The zero-order valence-corrected chi connectivity index (χ0v) is 18.3. The number of carbonyl (C=O) groups excluding carboxylic acids is 1. The highest BCUT2D eigenvalue weighted by molar-refractivity contribution is 6.31. The first-order valence-electron chi connectivity index (χ1n) is 10.1. The molecule has 0 bridgehead atoms. The third-order valence-electron chi connectivity index (χ3n) is 5.13. The zero-order valence-electron chi connectivity index (χ0n) is 17.5. The van der Waals surface area contributed by atoms with Crippen molar-refractivity contribution in [3.63, 3.8) is 0 Å². The fraction of sp³-hybridized carbons (Fsp3) is 0.261. The standard InChI is InChI=1S/C23H24ClN5O2/c1-16-14-21(26-18-6-4-3-5-7-18)27-23(25-16)29-12-10-28(11-13-29)22(30)19-15-17(24)8-9-20(19)31-2/h3-9,14-15H,10-13H2,1-2H3,(H,25,26,27). The van der Waals surface area contributed by atoms with Crippen molar-refractivity contribution in [2.45, 2.75) is 6.92 Å². The number of hydrogen-bond acceptors (Lipinski definition) is 6. The number of halogens is 1. The van der Waals surface area contributed by atoms with E-state index < -0.39 is 0 Å². The molecule has 8 heteroatoms. The number of rotatable bonds is 5. The van der Waals surface area contributed by atoms with Gasteiger partial charge in [0.2, 0.25) is 5.95 Å². The number of carbonyl (C=O) groups is 1. The van der Waals surface area contributed by atoms with Gasteiger partial charge in [-0.05, 0) is 37.3 Å². The van der Waals surface area contributed by atoms with Crippen molar-refractivity contribution >= 4 is 35.0 Å². The molecule has 0 atom stereocenters. The average Bonchev–Trinajstić information content (AvgIpc) is 2.79. The minimum atomic E-state index is -0.0874. The third-order valence-corrected chi connectivity index (χ3v) is 5.37. The highest BCUT2D eigenvalue weighted by atomic mass is 35.5. The lowest BCUT2D eigenvalue weighted by molar-refractivity contribution is 0.0743. The highest BCUT2D eigenvalue weighted by Gasteiger charge is 2.26. The molecular weight excluding hydrogens is 414 g/mol. The molecule has 31 heavy (non-hydrogen) atoms. The SMILES string of the molecule is COc1ccc(Cl)cc1C(=O)N1CCN(c2nc(C)cc(Nc3ccccc3)n2)CC1. The Morgan fingerprint density at radius 3 is 2.48 bits per heavy atom. The van der Waals surface area contributed by atoms with Gasteiger partial charge in [-0.3, -0.25) is 4.79 Å². The van der Waals surface area contributed by atoms with Crippen molar-refractivity contribution < 1.29 is 9.53 Å². The van der Waals surface area contributed by atoms with Crippen molar-refractivity contribution in [1.29, 1.82) is 0 Å². The Labute approximate surface area is 186 Å². The van der Waals surface area contributed by atoms with Crippen molar-refractivity contribution in [2.24, 2.45) is 0 Å². The third kappa shape index (κ3) is 4.88. The van der Waals surface area contributed by atoms with Crippen LogP contribution in [0.2, 0.25) is 5.02 Å². The second kappa shape index (κ2) is 9.22. The Morgan fingerprint density at radius 1 is 1.03 bits per heavy atom. The maximum Gasteiger partial charge on any atom is 0.257 e. The largest absolute Gasteiger partial charge is 0.496 e. The van der Waals surface area contributed by atoms with Crippen LogP contribution in [0.25, 0.3) is 0 Å². The molecule has 1 fully saturated rings. The van der Waals surface area contributed by atoms with E-state index in [2.05, 4.69) is 20.2 Å². The maximum absolute atomic E-state index is 13.0. The number of para-hydroxylation sites is 1. The van der Waals surface area contributed by atoms with E-state index in [1.807, 2.05) is 48.2 Å². The highest BCUT2D eigenvalue weighted by Crippen LogP contribution is 2.25. The number of amides is 1. The van der Waals surface area contributed by atoms with Crippen LogP contribution in [0.4, 0.5) is 17.5 Å². The Balaban J connectivity index is 1.45. The molecule has 2 heterocycles. The fourth-order valence-corrected chi connectivity index (χ4v) is 3.73. The lowest BCUT2D eigenvalue weighted by atomic mass is 10.1. The number of hydrogen-bond donors (Lipinski definition) is 1. The van der Waals surface area contributed by atoms with E-state index in [-0.39, 0.29) is 5.91 Å². The molecule has 1 N–H and O–H groups in total. The summed E-state index contributed by atoms with van der Waals surface area (Å²) in [4.78, 5) is 26.2. The summed E-state index contributed by atoms with van der Waals surface area (Å²) < 4.78 is 5.33. The molecule has 1 saturated heterocycles. The molecule has 7 nitrogen and oxygen atoms in total. The van der Waals surface area contributed by atoms with Crippen molar-refractivity contribution in [1.82, 2.24) is 14.9 Å². The van der Waals surface area contributed by atoms with Gasteiger partial charge < -0.3 is 19.9 Å². The molecule has 0 radical (unpaired) electrons. The van der Waals surface area contributed by atoms with Crippen LogP contribution in [0.3, 0.4) is 0 Å². The number of anilines is 3. The number of piperazine rings is 1. The van der Waals surface area contributed by atoms with Gasteiger partial charge in [0.15, 0.2) is 0 Å². The van der Waals surface area contributed by atoms with Crippen LogP contribution in [0.15, 0.2) is 54.6 Å². The van der Waals surface area contributed by atoms with Crippen molar-refractivity contribution in [3.8, 4) is 5.75 Å². The van der Waals surface area contributed by atoms with Gasteiger partial charge >= 0.3 is 0 Å². The summed E-state index contributed by atoms with van der Waals surface area (Å²) in [5, 5.41) is 3.83. The Bertz CT molecular complexity index is 1070. The monoisotopic (exact) mass is 437 g/mol. The quantitative estimate of drug-likeness (QED) is 0.646. The predicted octanol–water partition coefficient (Wildman–Crippen LogP) is 4.15. The minimum Gasteiger partial charge on any atom is -0.496 e. The number of benzene rings is 2. The molecule has 1 aromatic heterocycles. The number of nitrogens with zero attached hydrogens (tertiary/aromatic N) is 4. The minimum absolute atomic E-state index is 0.0874. The van der Waals surface area contributed by atoms with E-state index >= 15 is 0 Å². The van der Waals surface area contributed by atoms with Gasteiger partial charge in [-0.2, -0.15) is 4.98 Å². The Kier molecular flexibility index (Phi) is 6.23. The summed E-state index contributed by atoms with van der Waals surface area (Å²) >= 11 is 6.09. The van der Waals surface area contributed by atoms with Crippen LogP contribution >= 0.6 is 11.6 Å². The van der Waals surface area contributed by atoms with Gasteiger partial charge in [-0.25, -0.2) is 4.98 Å². The average molecular weight is 438 g/mol. The number of nitrogens with one attached hydrogen (secondary N) is 1. The van der Waals surface area contributed by atoms with Gasteiger partial charge in [0, 0.05) is 48.6 Å². The number of aromatic nitrogens is 2. The molecule has 4 rings (SSSR count). The van der Waals surface area contributed by atoms with Gasteiger partial charge in [-0.1, -0.05) is 29.8 Å². The van der Waals surface area contributed by atoms with Crippen LogP contribution in [0.1, 0.15) is 16.1 Å². The second-order valence-electron chi connectivity index (χ2n) is 7.31. The summed E-state index contributed by atoms with van der Waals surface area (Å²) in [5.74, 6) is 1.84. The summed E-state index contributed by atoms with van der Waals surface area (Å²) in [7, 11) is 1.55. The second-order valence-corrected chi connectivity index (χ2v) is 7.75.